The molecule has 1 amide bonds. The molecule has 4 heteroatoms. The van der Waals surface area contributed by atoms with E-state index in [-0.39, 0.29) is 5.91 Å². The Morgan fingerprint density at radius 1 is 1.20 bits per heavy atom. The molecule has 1 aliphatic rings. The average molecular weight is 295 g/mol. The Morgan fingerprint density at radius 3 is 2.45 bits per heavy atom. The third-order valence-corrected chi connectivity index (χ3v) is 4.10. The van der Waals surface area contributed by atoms with Crippen LogP contribution in [0.3, 0.4) is 0 Å². The number of nitrogens with one attached hydrogen (secondary N) is 1. The molecule has 0 saturated carbocycles. The maximum Gasteiger partial charge on any atom is 0.241 e. The zero-order valence-corrected chi connectivity index (χ0v) is 13.1. The molecule has 1 heterocycles. The van der Waals surface area contributed by atoms with E-state index in [0.29, 0.717) is 11.6 Å². The highest BCUT2D eigenvalue weighted by Crippen LogP contribution is 2.27. The lowest BCUT2D eigenvalue weighted by Crippen LogP contribution is -2.36. The van der Waals surface area contributed by atoms with Gasteiger partial charge in [0.25, 0.3) is 0 Å². The molecular weight excluding hydrogens is 272 g/mol. The topological polar surface area (TPSA) is 32.3 Å². The highest BCUT2D eigenvalue weighted by molar-refractivity contribution is 6.33. The van der Waals surface area contributed by atoms with Crippen molar-refractivity contribution in [1.82, 2.24) is 4.90 Å². The molecule has 2 rings (SSSR count). The van der Waals surface area contributed by atoms with Crippen LogP contribution in [-0.2, 0) is 4.79 Å². The highest BCUT2D eigenvalue weighted by Gasteiger charge is 2.15. The molecule has 1 N–H and O–H groups in total. The molecule has 1 saturated heterocycles. The second-order valence-corrected chi connectivity index (χ2v) is 5.99. The Bertz CT molecular complexity index is 456. The summed E-state index contributed by atoms with van der Waals surface area (Å²) in [5.74, 6) is 0.169. The van der Waals surface area contributed by atoms with Gasteiger partial charge < -0.3 is 10.2 Å². The summed E-state index contributed by atoms with van der Waals surface area (Å²) in [5, 5.41) is 3.89. The number of hydrogen-bond donors (Lipinski definition) is 1. The van der Waals surface area contributed by atoms with Crippen LogP contribution >= 0.6 is 11.6 Å². The van der Waals surface area contributed by atoms with E-state index in [9.17, 15) is 4.79 Å². The van der Waals surface area contributed by atoms with Crippen LogP contribution in [0, 0.1) is 13.8 Å². The Kier molecular flexibility index (Phi) is 5.30. The number of amides is 1. The number of carbonyl (C=O) groups is 1. The van der Waals surface area contributed by atoms with Crippen LogP contribution in [0.1, 0.15) is 36.8 Å². The van der Waals surface area contributed by atoms with Gasteiger partial charge >= 0.3 is 0 Å². The predicted molar refractivity (Wildman–Crippen MR) is 84.5 cm³/mol. The smallest absolute Gasteiger partial charge is 0.241 e. The number of nitrogens with zero attached hydrogens (tertiary/aromatic N) is 1. The van der Waals surface area contributed by atoms with Crippen molar-refractivity contribution >= 4 is 23.2 Å². The molecule has 3 nitrogen and oxygen atoms in total. The van der Waals surface area contributed by atoms with E-state index in [1.54, 1.807) is 0 Å². The minimum absolute atomic E-state index is 0.169. The predicted octanol–water partition coefficient (Wildman–Crippen LogP) is 3.77. The number of likely N-dealkylation sites (tertiary alicyclic amines) is 1. The standard InChI is InChI=1S/C16H23ClN2O/c1-12-9-13(2)16(14(17)10-12)18-11-15(20)19-7-5-3-4-6-8-19/h9-10,18H,3-8,11H2,1-2H3. The van der Waals surface area contributed by atoms with Gasteiger partial charge in [0.1, 0.15) is 0 Å². The van der Waals surface area contributed by atoms with Gasteiger partial charge in [0.2, 0.25) is 5.91 Å². The summed E-state index contributed by atoms with van der Waals surface area (Å²) in [7, 11) is 0. The summed E-state index contributed by atoms with van der Waals surface area (Å²) in [6.07, 6.45) is 4.71. The Balaban J connectivity index is 1.96. The zero-order valence-electron chi connectivity index (χ0n) is 12.3. The fraction of sp³-hybridized carbons (Fsp3) is 0.562. The van der Waals surface area contributed by atoms with Gasteiger partial charge in [0.15, 0.2) is 0 Å². The molecule has 0 aliphatic carbocycles. The second-order valence-electron chi connectivity index (χ2n) is 5.59. The molecule has 0 aromatic heterocycles. The van der Waals surface area contributed by atoms with Crippen LogP contribution in [0.5, 0.6) is 0 Å². The number of aryl methyl sites for hydroxylation is 2. The maximum absolute atomic E-state index is 12.2. The lowest BCUT2D eigenvalue weighted by atomic mass is 10.1. The number of halogens is 1. The molecule has 0 unspecified atom stereocenters. The summed E-state index contributed by atoms with van der Waals surface area (Å²) in [5.41, 5.74) is 3.09. The molecule has 1 fully saturated rings. The monoisotopic (exact) mass is 294 g/mol. The lowest BCUT2D eigenvalue weighted by Gasteiger charge is -2.21. The molecule has 0 atom stereocenters. The normalized spacial score (nSPS) is 15.8. The van der Waals surface area contributed by atoms with Crippen LogP contribution in [0.4, 0.5) is 5.69 Å². The number of carbonyl (C=O) groups excluding carboxylic acids is 1. The Morgan fingerprint density at radius 2 is 1.85 bits per heavy atom. The quantitative estimate of drug-likeness (QED) is 0.920. The second kappa shape index (κ2) is 6.98. The molecule has 0 spiro atoms. The highest BCUT2D eigenvalue weighted by atomic mass is 35.5. The SMILES string of the molecule is Cc1cc(C)c(NCC(=O)N2CCCCCC2)c(Cl)c1. The van der Waals surface area contributed by atoms with Crippen molar-refractivity contribution in [3.8, 4) is 0 Å². The van der Waals surface area contributed by atoms with Crippen molar-refractivity contribution in [2.75, 3.05) is 25.0 Å². The third kappa shape index (κ3) is 3.89. The molecule has 0 bridgehead atoms. The molecule has 20 heavy (non-hydrogen) atoms. The first-order valence-electron chi connectivity index (χ1n) is 7.36. The lowest BCUT2D eigenvalue weighted by molar-refractivity contribution is -0.129. The van der Waals surface area contributed by atoms with Gasteiger partial charge in [-0.2, -0.15) is 0 Å². The van der Waals surface area contributed by atoms with Crippen molar-refractivity contribution < 1.29 is 4.79 Å². The van der Waals surface area contributed by atoms with E-state index in [4.69, 9.17) is 11.6 Å². The van der Waals surface area contributed by atoms with E-state index in [1.807, 2.05) is 24.8 Å². The molecule has 1 aromatic carbocycles. The van der Waals surface area contributed by atoms with Crippen LogP contribution in [0.2, 0.25) is 5.02 Å². The van der Waals surface area contributed by atoms with Gasteiger partial charge in [0, 0.05) is 13.1 Å². The van der Waals surface area contributed by atoms with Gasteiger partial charge in [-0.3, -0.25) is 4.79 Å². The van der Waals surface area contributed by atoms with Crippen LogP contribution in [0.15, 0.2) is 12.1 Å². The van der Waals surface area contributed by atoms with E-state index in [2.05, 4.69) is 11.4 Å². The van der Waals surface area contributed by atoms with Crippen molar-refractivity contribution in [1.29, 1.82) is 0 Å². The maximum atomic E-state index is 12.2. The van der Waals surface area contributed by atoms with E-state index in [1.165, 1.54) is 12.8 Å². The molecular formula is C16H23ClN2O. The van der Waals surface area contributed by atoms with E-state index < -0.39 is 0 Å². The van der Waals surface area contributed by atoms with Crippen molar-refractivity contribution in [3.63, 3.8) is 0 Å². The largest absolute Gasteiger partial charge is 0.375 e. The zero-order chi connectivity index (χ0) is 14.5. The van der Waals surface area contributed by atoms with Crippen molar-refractivity contribution in [2.45, 2.75) is 39.5 Å². The van der Waals surface area contributed by atoms with Gasteiger partial charge in [0.05, 0.1) is 17.3 Å². The van der Waals surface area contributed by atoms with Crippen molar-refractivity contribution in [2.24, 2.45) is 0 Å². The van der Waals surface area contributed by atoms with Crippen LogP contribution in [0.25, 0.3) is 0 Å². The third-order valence-electron chi connectivity index (χ3n) is 3.81. The summed E-state index contributed by atoms with van der Waals surface area (Å²) in [4.78, 5) is 14.2. The number of benzene rings is 1. The van der Waals surface area contributed by atoms with Gasteiger partial charge in [-0.25, -0.2) is 0 Å². The summed E-state index contributed by atoms with van der Waals surface area (Å²) in [6.45, 7) is 6.13. The van der Waals surface area contributed by atoms with Crippen LogP contribution < -0.4 is 5.32 Å². The molecule has 0 radical (unpaired) electrons. The van der Waals surface area contributed by atoms with Gasteiger partial charge in [-0.15, -0.1) is 0 Å². The minimum Gasteiger partial charge on any atom is -0.375 e. The fourth-order valence-electron chi connectivity index (χ4n) is 2.74. The molecule has 1 aromatic rings. The Labute approximate surface area is 126 Å². The minimum atomic E-state index is 0.169. The fourth-order valence-corrected chi connectivity index (χ4v) is 3.12. The molecule has 1 aliphatic heterocycles. The van der Waals surface area contributed by atoms with Gasteiger partial charge in [-0.1, -0.05) is 30.5 Å². The molecule has 110 valence electrons. The number of anilines is 1. The summed E-state index contributed by atoms with van der Waals surface area (Å²) < 4.78 is 0. The summed E-state index contributed by atoms with van der Waals surface area (Å²) in [6, 6.07) is 4.00. The number of hydrogen-bond acceptors (Lipinski definition) is 2. The first-order chi connectivity index (χ1) is 9.58. The Hall–Kier alpha value is -1.22. The average Bonchev–Trinajstić information content (AvgIpc) is 2.66. The van der Waals surface area contributed by atoms with E-state index in [0.717, 1.165) is 42.7 Å². The van der Waals surface area contributed by atoms with Gasteiger partial charge in [-0.05, 0) is 43.9 Å². The van der Waals surface area contributed by atoms with E-state index >= 15 is 0 Å². The van der Waals surface area contributed by atoms with Crippen LogP contribution in [-0.4, -0.2) is 30.4 Å². The number of rotatable bonds is 3. The first-order valence-corrected chi connectivity index (χ1v) is 7.74. The van der Waals surface area contributed by atoms with Crippen molar-refractivity contribution in [3.05, 3.63) is 28.3 Å². The first kappa shape index (κ1) is 15.2. The summed E-state index contributed by atoms with van der Waals surface area (Å²) >= 11 is 6.24.